The summed E-state index contributed by atoms with van der Waals surface area (Å²) in [6.07, 6.45) is 15.8. The molecule has 6 nitrogen and oxygen atoms in total. The van der Waals surface area contributed by atoms with Crippen molar-refractivity contribution < 1.29 is 19.7 Å². The number of phenols is 2. The third kappa shape index (κ3) is 5.10. The summed E-state index contributed by atoms with van der Waals surface area (Å²) in [5, 5.41) is 20.3. The molecule has 4 atom stereocenters. The molecule has 0 saturated heterocycles. The minimum atomic E-state index is 0.0425. The number of rotatable bonds is 7. The summed E-state index contributed by atoms with van der Waals surface area (Å²) in [6.45, 7) is 10.6. The van der Waals surface area contributed by atoms with Crippen molar-refractivity contribution in [2.24, 2.45) is 32.5 Å². The normalized spacial score (nSPS) is 39.9. The van der Waals surface area contributed by atoms with Crippen LogP contribution in [0.1, 0.15) is 116 Å². The van der Waals surface area contributed by atoms with Gasteiger partial charge in [-0.15, -0.1) is 0 Å². The molecule has 4 aromatic carbocycles. The Balaban J connectivity index is 1.000. The molecule has 4 unspecified atom stereocenters. The Morgan fingerprint density at radius 1 is 0.407 bits per heavy atom. The largest absolute Gasteiger partial charge is 0.506 e. The second-order valence-corrected chi connectivity index (χ2v) is 21.2. The van der Waals surface area contributed by atoms with Crippen molar-refractivity contribution >= 4 is 11.4 Å². The second kappa shape index (κ2) is 10.7. The number of nitrogen functional groups attached to an aromatic ring is 2. The molecule has 0 aromatic heterocycles. The molecule has 54 heavy (non-hydrogen) atoms. The lowest BCUT2D eigenvalue weighted by molar-refractivity contribution is -0.275. The zero-order valence-corrected chi connectivity index (χ0v) is 32.4. The maximum atomic E-state index is 10.1. The Morgan fingerprint density at radius 2 is 0.722 bits per heavy atom. The first-order valence-corrected chi connectivity index (χ1v) is 20.2. The van der Waals surface area contributed by atoms with E-state index in [0.29, 0.717) is 55.4 Å². The van der Waals surface area contributed by atoms with Crippen molar-refractivity contribution in [2.45, 2.75) is 116 Å². The predicted octanol–water partition coefficient (Wildman–Crippen LogP) is 11.8. The van der Waals surface area contributed by atoms with E-state index < -0.39 is 0 Å². The van der Waals surface area contributed by atoms with Crippen LogP contribution in [-0.4, -0.2) is 10.2 Å². The van der Waals surface area contributed by atoms with E-state index in [2.05, 4.69) is 76.2 Å². The van der Waals surface area contributed by atoms with Crippen LogP contribution in [-0.2, 0) is 10.8 Å². The average molecular weight is 725 g/mol. The molecule has 6 N–H and O–H groups in total. The highest BCUT2D eigenvalue weighted by molar-refractivity contribution is 5.56. The fourth-order valence-electron chi connectivity index (χ4n) is 16.3. The van der Waals surface area contributed by atoms with Gasteiger partial charge in [-0.05, 0) is 180 Å². The van der Waals surface area contributed by atoms with E-state index >= 15 is 0 Å². The van der Waals surface area contributed by atoms with Gasteiger partial charge in [0.05, 0.1) is 11.4 Å². The number of anilines is 2. The summed E-state index contributed by atoms with van der Waals surface area (Å²) < 4.78 is 12.4. The van der Waals surface area contributed by atoms with Gasteiger partial charge in [-0.3, -0.25) is 0 Å². The highest BCUT2D eigenvalue weighted by atomic mass is 16.5. The number of hydrogen-bond acceptors (Lipinski definition) is 6. The predicted molar refractivity (Wildman–Crippen MR) is 214 cm³/mol. The lowest BCUT2D eigenvalue weighted by atomic mass is 9.24. The van der Waals surface area contributed by atoms with Crippen molar-refractivity contribution in [1.82, 2.24) is 0 Å². The Hall–Kier alpha value is -4.32. The van der Waals surface area contributed by atoms with Crippen LogP contribution in [0.4, 0.5) is 11.4 Å². The summed E-state index contributed by atoms with van der Waals surface area (Å²) in [5.41, 5.74) is 17.6. The maximum Gasteiger partial charge on any atom is 0.142 e. The van der Waals surface area contributed by atoms with Gasteiger partial charge in [-0.25, -0.2) is 0 Å². The smallest absolute Gasteiger partial charge is 0.142 e. The topological polar surface area (TPSA) is 111 Å². The first-order valence-electron chi connectivity index (χ1n) is 20.2. The first kappa shape index (κ1) is 34.2. The van der Waals surface area contributed by atoms with Crippen molar-refractivity contribution in [3.8, 4) is 34.5 Å². The zero-order valence-electron chi connectivity index (χ0n) is 32.4. The van der Waals surface area contributed by atoms with E-state index in [1.54, 1.807) is 24.3 Å². The summed E-state index contributed by atoms with van der Waals surface area (Å²) in [7, 11) is 0. The van der Waals surface area contributed by atoms with Gasteiger partial charge < -0.3 is 31.2 Å². The van der Waals surface area contributed by atoms with Gasteiger partial charge in [0.1, 0.15) is 34.5 Å². The van der Waals surface area contributed by atoms with Crippen LogP contribution in [0.25, 0.3) is 0 Å². The molecule has 8 saturated carbocycles. The molecule has 282 valence electrons. The highest BCUT2D eigenvalue weighted by Crippen LogP contribution is 2.85. The minimum Gasteiger partial charge on any atom is -0.506 e. The molecule has 0 spiro atoms. The van der Waals surface area contributed by atoms with Gasteiger partial charge in [0, 0.05) is 12.1 Å². The number of aromatic hydroxyl groups is 2. The van der Waals surface area contributed by atoms with Crippen LogP contribution in [0.15, 0.2) is 84.9 Å². The molecule has 8 fully saturated rings. The molecule has 4 aromatic rings. The van der Waals surface area contributed by atoms with Gasteiger partial charge in [-0.2, -0.15) is 0 Å². The Kier molecular flexibility index (Phi) is 6.78. The summed E-state index contributed by atoms with van der Waals surface area (Å²) >= 11 is 0. The molecule has 8 aliphatic rings. The van der Waals surface area contributed by atoms with Gasteiger partial charge in [-0.1, -0.05) is 52.0 Å². The highest BCUT2D eigenvalue weighted by Gasteiger charge is 2.76. The van der Waals surface area contributed by atoms with E-state index in [0.717, 1.165) is 11.5 Å². The summed E-state index contributed by atoms with van der Waals surface area (Å²) in [5.74, 6) is 2.83. The van der Waals surface area contributed by atoms with Crippen LogP contribution >= 0.6 is 0 Å². The number of nitrogens with two attached hydrogens (primary N) is 2. The molecular formula is C48H56N2O4. The molecule has 8 bridgehead atoms. The molecular weight excluding hydrogens is 669 g/mol. The van der Waals surface area contributed by atoms with E-state index in [9.17, 15) is 10.2 Å². The van der Waals surface area contributed by atoms with Gasteiger partial charge >= 0.3 is 0 Å². The van der Waals surface area contributed by atoms with Crippen LogP contribution in [0.2, 0.25) is 0 Å². The van der Waals surface area contributed by atoms with Crippen LogP contribution in [0.3, 0.4) is 0 Å². The van der Waals surface area contributed by atoms with Crippen LogP contribution in [0, 0.1) is 32.5 Å². The van der Waals surface area contributed by atoms with E-state index in [1.165, 1.54) is 88.2 Å². The molecule has 0 aliphatic heterocycles. The maximum absolute atomic E-state index is 10.1. The summed E-state index contributed by atoms with van der Waals surface area (Å²) in [4.78, 5) is 0. The quantitative estimate of drug-likeness (QED) is 0.112. The minimum absolute atomic E-state index is 0.0425. The molecule has 0 heterocycles. The third-order valence-corrected chi connectivity index (χ3v) is 15.7. The van der Waals surface area contributed by atoms with E-state index in [4.69, 9.17) is 20.9 Å². The van der Waals surface area contributed by atoms with E-state index in [1.807, 2.05) is 12.1 Å². The fraction of sp³-hybridized carbons (Fsp3) is 0.500. The Labute approximate surface area is 320 Å². The molecule has 6 heteroatoms. The van der Waals surface area contributed by atoms with Crippen molar-refractivity contribution in [1.29, 1.82) is 0 Å². The number of benzene rings is 4. The van der Waals surface area contributed by atoms with Gasteiger partial charge in [0.15, 0.2) is 0 Å². The fourth-order valence-corrected chi connectivity index (χ4v) is 16.3. The standard InChI is InChI=1S/C48H56N2O4/c1-41-19-42(2)22-45(21-41,31-5-9-33(10-6-31)53-35-13-15-37(49)39(51)17-35)29-47(25-41,26-42)48-27-43(3)20-44(4,28-48)24-46(23-43,30-48)32-7-11-34(12-8-32)54-36-14-16-38(50)40(52)18-36/h5-18,51-52H,19-30,49-50H2,1-4H3. The van der Waals surface area contributed by atoms with Crippen molar-refractivity contribution in [3.63, 3.8) is 0 Å². The molecule has 12 rings (SSSR count). The van der Waals surface area contributed by atoms with Gasteiger partial charge in [0.25, 0.3) is 0 Å². The van der Waals surface area contributed by atoms with Crippen molar-refractivity contribution in [2.75, 3.05) is 11.5 Å². The number of ether oxygens (including phenoxy) is 2. The SMILES string of the molecule is CC12CC3(C)CC(c4ccc(Oc5ccc(N)c(O)c5)cc4)(C1)CC(C14CC5(C)CC(C)(CC(c6ccc(Oc7ccc(N)c(O)c7)cc6)(C5)C1)C4)(C2)C3. The van der Waals surface area contributed by atoms with Crippen molar-refractivity contribution in [3.05, 3.63) is 96.1 Å². The average Bonchev–Trinajstić information content (AvgIpc) is 3.05. The molecule has 8 aliphatic carbocycles. The van der Waals surface area contributed by atoms with Gasteiger partial charge in [0.2, 0.25) is 0 Å². The first-order chi connectivity index (χ1) is 25.5. The lowest BCUT2D eigenvalue weighted by Crippen LogP contribution is -2.71. The lowest BCUT2D eigenvalue weighted by Gasteiger charge is -2.80. The van der Waals surface area contributed by atoms with Crippen LogP contribution in [0.5, 0.6) is 34.5 Å². The third-order valence-electron chi connectivity index (χ3n) is 15.7. The number of hydrogen-bond donors (Lipinski definition) is 4. The van der Waals surface area contributed by atoms with Crippen LogP contribution < -0.4 is 20.9 Å². The number of phenolic OH excluding ortho intramolecular Hbond substituents is 2. The molecule has 0 radical (unpaired) electrons. The zero-order chi connectivity index (χ0) is 37.6. The van der Waals surface area contributed by atoms with E-state index in [-0.39, 0.29) is 22.3 Å². The molecule has 0 amide bonds. The monoisotopic (exact) mass is 724 g/mol. The Bertz CT molecular complexity index is 1980. The Morgan fingerprint density at radius 3 is 1.04 bits per heavy atom. The second-order valence-electron chi connectivity index (χ2n) is 21.2. The summed E-state index contributed by atoms with van der Waals surface area (Å²) in [6, 6.07) is 28.2.